The van der Waals surface area contributed by atoms with Gasteiger partial charge in [0.25, 0.3) is 0 Å². The van der Waals surface area contributed by atoms with Crippen LogP contribution in [0.3, 0.4) is 0 Å². The van der Waals surface area contributed by atoms with Gasteiger partial charge in [0, 0.05) is 42.0 Å². The molecule has 5 aromatic heterocycles. The summed E-state index contributed by atoms with van der Waals surface area (Å²) in [7, 11) is 1.92. The van der Waals surface area contributed by atoms with Gasteiger partial charge in [-0.2, -0.15) is 5.10 Å². The zero-order valence-electron chi connectivity index (χ0n) is 14.9. The fourth-order valence-electron chi connectivity index (χ4n) is 3.64. The number of rotatable bonds is 2. The van der Waals surface area contributed by atoms with Gasteiger partial charge in [0.05, 0.1) is 33.1 Å². The first-order valence-corrected chi connectivity index (χ1v) is 9.75. The Morgan fingerprint density at radius 2 is 1.75 bits per heavy atom. The third-order valence-corrected chi connectivity index (χ3v) is 5.88. The molecule has 7 heteroatoms. The quantitative estimate of drug-likeness (QED) is 0.437. The fourth-order valence-corrected chi connectivity index (χ4v) is 4.50. The molecule has 28 heavy (non-hydrogen) atoms. The van der Waals surface area contributed by atoms with Gasteiger partial charge in [0.15, 0.2) is 0 Å². The Labute approximate surface area is 163 Å². The molecular weight excluding hydrogens is 368 g/mol. The summed E-state index contributed by atoms with van der Waals surface area (Å²) < 4.78 is 1.81. The van der Waals surface area contributed by atoms with Crippen molar-refractivity contribution in [3.63, 3.8) is 0 Å². The van der Waals surface area contributed by atoms with Crippen molar-refractivity contribution in [3.8, 4) is 21.8 Å². The fraction of sp³-hybridized carbons (Fsp3) is 0.0476. The molecule has 0 aliphatic carbocycles. The van der Waals surface area contributed by atoms with Crippen molar-refractivity contribution in [1.82, 2.24) is 29.7 Å². The lowest BCUT2D eigenvalue weighted by molar-refractivity contribution is 0.768. The Morgan fingerprint density at radius 1 is 0.964 bits per heavy atom. The second-order valence-corrected chi connectivity index (χ2v) is 7.62. The molecule has 0 amide bonds. The maximum Gasteiger partial charge on any atom is 0.148 e. The van der Waals surface area contributed by atoms with E-state index in [4.69, 9.17) is 4.98 Å². The molecule has 134 valence electrons. The van der Waals surface area contributed by atoms with Crippen molar-refractivity contribution in [2.75, 3.05) is 0 Å². The summed E-state index contributed by atoms with van der Waals surface area (Å²) in [6, 6.07) is 10.2. The average Bonchev–Trinajstić information content (AvgIpc) is 3.47. The van der Waals surface area contributed by atoms with Crippen molar-refractivity contribution in [2.24, 2.45) is 7.05 Å². The highest BCUT2D eigenvalue weighted by Crippen LogP contribution is 2.36. The standard InChI is InChI=1S/C21H14N6S/c1-27-10-13(9-24-27)12-8-16(28-11-12)21-25-19-14-4-2-6-22-17(14)18-15(20(19)26-21)5-3-7-23-18/h2-11H,1H3,(H,25,26). The number of hydrogen-bond donors (Lipinski definition) is 1. The van der Waals surface area contributed by atoms with Gasteiger partial charge in [-0.05, 0) is 41.3 Å². The van der Waals surface area contributed by atoms with E-state index in [0.717, 1.165) is 54.7 Å². The highest BCUT2D eigenvalue weighted by Gasteiger charge is 2.16. The number of benzene rings is 1. The minimum absolute atomic E-state index is 0.858. The molecule has 0 aliphatic rings. The van der Waals surface area contributed by atoms with Gasteiger partial charge >= 0.3 is 0 Å². The molecule has 6 nitrogen and oxygen atoms in total. The zero-order valence-corrected chi connectivity index (χ0v) is 15.7. The third kappa shape index (κ3) is 2.20. The predicted molar refractivity (Wildman–Crippen MR) is 112 cm³/mol. The number of thiophene rings is 1. The van der Waals surface area contributed by atoms with E-state index in [2.05, 4.69) is 43.6 Å². The van der Waals surface area contributed by atoms with E-state index in [-0.39, 0.29) is 0 Å². The molecule has 5 heterocycles. The van der Waals surface area contributed by atoms with Gasteiger partial charge in [-0.3, -0.25) is 14.6 Å². The topological polar surface area (TPSA) is 72.3 Å². The summed E-state index contributed by atoms with van der Waals surface area (Å²) in [6.45, 7) is 0. The number of hydrogen-bond acceptors (Lipinski definition) is 5. The van der Waals surface area contributed by atoms with Crippen LogP contribution in [0.2, 0.25) is 0 Å². The van der Waals surface area contributed by atoms with E-state index < -0.39 is 0 Å². The lowest BCUT2D eigenvalue weighted by atomic mass is 10.1. The third-order valence-electron chi connectivity index (χ3n) is 4.94. The van der Waals surface area contributed by atoms with E-state index in [0.29, 0.717) is 0 Å². The minimum Gasteiger partial charge on any atom is -0.337 e. The first-order valence-electron chi connectivity index (χ1n) is 8.87. The van der Waals surface area contributed by atoms with Crippen molar-refractivity contribution in [1.29, 1.82) is 0 Å². The van der Waals surface area contributed by atoms with Crippen LogP contribution in [-0.4, -0.2) is 29.7 Å². The van der Waals surface area contributed by atoms with Crippen LogP contribution in [0.4, 0.5) is 0 Å². The molecule has 6 aromatic rings. The van der Waals surface area contributed by atoms with E-state index in [1.54, 1.807) is 23.7 Å². The van der Waals surface area contributed by atoms with Gasteiger partial charge in [-0.25, -0.2) is 4.98 Å². The van der Waals surface area contributed by atoms with Gasteiger partial charge in [0.1, 0.15) is 5.82 Å². The number of H-pyrrole nitrogens is 1. The Morgan fingerprint density at radius 3 is 2.54 bits per heavy atom. The molecule has 0 saturated carbocycles. The Kier molecular flexibility index (Phi) is 3.15. The summed E-state index contributed by atoms with van der Waals surface area (Å²) in [5.41, 5.74) is 5.94. The first kappa shape index (κ1) is 15.5. The summed E-state index contributed by atoms with van der Waals surface area (Å²) in [5, 5.41) is 8.44. The van der Waals surface area contributed by atoms with E-state index in [1.165, 1.54) is 0 Å². The molecule has 1 aromatic carbocycles. The number of aromatic amines is 1. The molecule has 0 fully saturated rings. The molecule has 0 radical (unpaired) electrons. The molecule has 0 atom stereocenters. The number of nitrogens with one attached hydrogen (secondary N) is 1. The molecule has 0 unspecified atom stereocenters. The van der Waals surface area contributed by atoms with Gasteiger partial charge < -0.3 is 4.98 Å². The SMILES string of the molecule is Cn1cc(-c2csc(-c3nc4c5cccnc5c5ncccc5c4[nH]3)c2)cn1. The molecule has 6 rings (SSSR count). The molecule has 0 aliphatic heterocycles. The zero-order chi connectivity index (χ0) is 18.7. The molecule has 0 bridgehead atoms. The van der Waals surface area contributed by atoms with Crippen LogP contribution in [0.25, 0.3) is 54.7 Å². The van der Waals surface area contributed by atoms with Crippen LogP contribution >= 0.6 is 11.3 Å². The number of imidazole rings is 1. The number of nitrogens with zero attached hydrogens (tertiary/aromatic N) is 5. The average molecular weight is 382 g/mol. The van der Waals surface area contributed by atoms with E-state index in [9.17, 15) is 0 Å². The van der Waals surface area contributed by atoms with Crippen LogP contribution in [-0.2, 0) is 7.05 Å². The largest absolute Gasteiger partial charge is 0.337 e. The van der Waals surface area contributed by atoms with Gasteiger partial charge in [-0.15, -0.1) is 11.3 Å². The Bertz CT molecular complexity index is 1420. The summed E-state index contributed by atoms with van der Waals surface area (Å²) in [5.74, 6) is 0.858. The van der Waals surface area contributed by atoms with Crippen LogP contribution in [0.15, 0.2) is 60.5 Å². The normalized spacial score (nSPS) is 11.8. The van der Waals surface area contributed by atoms with Crippen LogP contribution in [0.1, 0.15) is 0 Å². The number of fused-ring (bicyclic) bond motifs is 6. The molecule has 0 saturated heterocycles. The van der Waals surface area contributed by atoms with Gasteiger partial charge in [0.2, 0.25) is 0 Å². The summed E-state index contributed by atoms with van der Waals surface area (Å²) in [6.07, 6.45) is 7.50. The first-order chi connectivity index (χ1) is 13.8. The van der Waals surface area contributed by atoms with Crippen LogP contribution < -0.4 is 0 Å². The maximum atomic E-state index is 4.94. The van der Waals surface area contributed by atoms with E-state index in [1.807, 2.05) is 36.3 Å². The molecular formula is C21H14N6S. The van der Waals surface area contributed by atoms with E-state index >= 15 is 0 Å². The van der Waals surface area contributed by atoms with Crippen molar-refractivity contribution < 1.29 is 0 Å². The highest BCUT2D eigenvalue weighted by molar-refractivity contribution is 7.13. The lowest BCUT2D eigenvalue weighted by Gasteiger charge is -2.03. The second-order valence-electron chi connectivity index (χ2n) is 6.71. The number of pyridine rings is 2. The highest BCUT2D eigenvalue weighted by atomic mass is 32.1. The van der Waals surface area contributed by atoms with Crippen LogP contribution in [0, 0.1) is 0 Å². The molecule has 1 N–H and O–H groups in total. The van der Waals surface area contributed by atoms with Crippen molar-refractivity contribution in [2.45, 2.75) is 0 Å². The number of aryl methyl sites for hydroxylation is 1. The summed E-state index contributed by atoms with van der Waals surface area (Å²) in [4.78, 5) is 18.7. The predicted octanol–water partition coefficient (Wildman–Crippen LogP) is 4.79. The second kappa shape index (κ2) is 5.71. The van der Waals surface area contributed by atoms with Crippen molar-refractivity contribution in [3.05, 3.63) is 60.5 Å². The summed E-state index contributed by atoms with van der Waals surface area (Å²) >= 11 is 1.67. The maximum absolute atomic E-state index is 4.94. The van der Waals surface area contributed by atoms with Crippen molar-refractivity contribution >= 4 is 44.2 Å². The number of aromatic nitrogens is 6. The van der Waals surface area contributed by atoms with Crippen LogP contribution in [0.5, 0.6) is 0 Å². The molecule has 0 spiro atoms. The van der Waals surface area contributed by atoms with Gasteiger partial charge in [-0.1, -0.05) is 0 Å². The monoisotopic (exact) mass is 382 g/mol. The smallest absolute Gasteiger partial charge is 0.148 e. The Balaban J connectivity index is 1.61. The Hall–Kier alpha value is -3.58. The minimum atomic E-state index is 0.858. The lowest BCUT2D eigenvalue weighted by Crippen LogP contribution is -1.86.